The third-order valence-electron chi connectivity index (χ3n) is 2.81. The summed E-state index contributed by atoms with van der Waals surface area (Å²) < 4.78 is 0. The zero-order valence-corrected chi connectivity index (χ0v) is 9.30. The van der Waals surface area contributed by atoms with Gasteiger partial charge in [-0.15, -0.1) is 0 Å². The molecule has 1 saturated heterocycles. The lowest BCUT2D eigenvalue weighted by Crippen LogP contribution is -2.60. The molecule has 1 aliphatic heterocycles. The van der Waals surface area contributed by atoms with Crippen molar-refractivity contribution in [2.75, 3.05) is 18.0 Å². The predicted molar refractivity (Wildman–Crippen MR) is 60.7 cm³/mol. The molecule has 1 N–H and O–H groups in total. The Hall–Kier alpha value is -1.62. The van der Waals surface area contributed by atoms with E-state index in [1.165, 1.54) is 6.07 Å². The van der Waals surface area contributed by atoms with Crippen molar-refractivity contribution < 1.29 is 10.0 Å². The molecular weight excluding hydrogens is 208 g/mol. The van der Waals surface area contributed by atoms with Gasteiger partial charge in [-0.05, 0) is 19.4 Å². The summed E-state index contributed by atoms with van der Waals surface area (Å²) >= 11 is 0. The van der Waals surface area contributed by atoms with Gasteiger partial charge < -0.3 is 10.0 Å². The van der Waals surface area contributed by atoms with E-state index in [2.05, 4.69) is 0 Å². The Labute approximate surface area is 93.5 Å². The highest BCUT2D eigenvalue weighted by Gasteiger charge is 2.37. The zero-order valence-electron chi connectivity index (χ0n) is 9.30. The molecule has 2 rings (SSSR count). The summed E-state index contributed by atoms with van der Waals surface area (Å²) in [7, 11) is 0. The number of benzene rings is 1. The number of hydrogen-bond acceptors (Lipinski definition) is 4. The van der Waals surface area contributed by atoms with Crippen LogP contribution >= 0.6 is 0 Å². The van der Waals surface area contributed by atoms with Crippen LogP contribution in [0.25, 0.3) is 0 Å². The minimum Gasteiger partial charge on any atom is -0.386 e. The number of hydrogen-bond donors (Lipinski definition) is 1. The molecule has 5 heteroatoms. The van der Waals surface area contributed by atoms with Crippen molar-refractivity contribution in [2.45, 2.75) is 19.4 Å². The molecule has 0 aromatic heterocycles. The van der Waals surface area contributed by atoms with Gasteiger partial charge in [0.15, 0.2) is 0 Å². The standard InChI is InChI=1S/C11H14N2O3/c1-8-3-4-9(13(15)16)5-10(8)12-6-11(2,14)7-12/h3-5,14H,6-7H2,1-2H3. The molecule has 0 saturated carbocycles. The zero-order chi connectivity index (χ0) is 11.9. The molecule has 5 nitrogen and oxygen atoms in total. The molecule has 1 aliphatic rings. The second kappa shape index (κ2) is 3.45. The Morgan fingerprint density at radius 1 is 1.50 bits per heavy atom. The largest absolute Gasteiger partial charge is 0.386 e. The van der Waals surface area contributed by atoms with E-state index in [0.717, 1.165) is 11.3 Å². The first-order chi connectivity index (χ1) is 7.39. The average Bonchev–Trinajstić information content (AvgIpc) is 2.14. The summed E-state index contributed by atoms with van der Waals surface area (Å²) in [4.78, 5) is 12.2. The molecule has 0 amide bonds. The fourth-order valence-corrected chi connectivity index (χ4v) is 2.00. The van der Waals surface area contributed by atoms with E-state index in [9.17, 15) is 15.2 Å². The first-order valence-corrected chi connectivity index (χ1v) is 5.11. The maximum atomic E-state index is 10.7. The fraction of sp³-hybridized carbons (Fsp3) is 0.455. The van der Waals surface area contributed by atoms with Crippen LogP contribution in [0.3, 0.4) is 0 Å². The topological polar surface area (TPSA) is 66.6 Å². The molecule has 16 heavy (non-hydrogen) atoms. The summed E-state index contributed by atoms with van der Waals surface area (Å²) in [5.41, 5.74) is 1.24. The van der Waals surface area contributed by atoms with Crippen LogP contribution in [0.1, 0.15) is 12.5 Å². The Morgan fingerprint density at radius 2 is 2.12 bits per heavy atom. The number of aryl methyl sites for hydroxylation is 1. The van der Waals surface area contributed by atoms with E-state index < -0.39 is 10.5 Å². The first-order valence-electron chi connectivity index (χ1n) is 5.11. The van der Waals surface area contributed by atoms with Crippen LogP contribution in [-0.2, 0) is 0 Å². The van der Waals surface area contributed by atoms with Crippen LogP contribution in [0, 0.1) is 17.0 Å². The second-order valence-corrected chi connectivity index (χ2v) is 4.58. The summed E-state index contributed by atoms with van der Waals surface area (Å²) in [6.07, 6.45) is 0. The van der Waals surface area contributed by atoms with E-state index in [1.807, 2.05) is 11.8 Å². The number of nitro groups is 1. The van der Waals surface area contributed by atoms with Crippen molar-refractivity contribution in [1.29, 1.82) is 0 Å². The number of nitro benzene ring substituents is 1. The third kappa shape index (κ3) is 1.86. The van der Waals surface area contributed by atoms with Crippen molar-refractivity contribution in [3.63, 3.8) is 0 Å². The molecular formula is C11H14N2O3. The summed E-state index contributed by atoms with van der Waals surface area (Å²) in [5.74, 6) is 0. The summed E-state index contributed by atoms with van der Waals surface area (Å²) in [5, 5.41) is 20.3. The monoisotopic (exact) mass is 222 g/mol. The predicted octanol–water partition coefficient (Wildman–Crippen LogP) is 1.47. The van der Waals surface area contributed by atoms with Crippen LogP contribution in [0.2, 0.25) is 0 Å². The highest BCUT2D eigenvalue weighted by molar-refractivity contribution is 5.60. The molecule has 0 atom stereocenters. The highest BCUT2D eigenvalue weighted by atomic mass is 16.6. The lowest BCUT2D eigenvalue weighted by Gasteiger charge is -2.46. The Bertz CT molecular complexity index is 435. The van der Waals surface area contributed by atoms with Crippen LogP contribution < -0.4 is 4.90 Å². The molecule has 1 heterocycles. The SMILES string of the molecule is Cc1ccc([N+](=O)[O-])cc1N1CC(C)(O)C1. The van der Waals surface area contributed by atoms with Gasteiger partial charge in [-0.3, -0.25) is 10.1 Å². The van der Waals surface area contributed by atoms with Crippen LogP contribution in [0.5, 0.6) is 0 Å². The van der Waals surface area contributed by atoms with Gasteiger partial charge in [0.2, 0.25) is 0 Å². The smallest absolute Gasteiger partial charge is 0.271 e. The van der Waals surface area contributed by atoms with Gasteiger partial charge in [0, 0.05) is 30.9 Å². The molecule has 1 aromatic carbocycles. The Balaban J connectivity index is 2.27. The molecule has 86 valence electrons. The number of β-amino-alcohol motifs (C(OH)–C–C–N with tert-alkyl or cyclic N) is 1. The van der Waals surface area contributed by atoms with Crippen molar-refractivity contribution in [3.8, 4) is 0 Å². The molecule has 0 radical (unpaired) electrons. The second-order valence-electron chi connectivity index (χ2n) is 4.58. The number of non-ortho nitro benzene ring substituents is 1. The lowest BCUT2D eigenvalue weighted by molar-refractivity contribution is -0.384. The van der Waals surface area contributed by atoms with Gasteiger partial charge in [-0.2, -0.15) is 0 Å². The first kappa shape index (κ1) is 10.9. The van der Waals surface area contributed by atoms with Crippen LogP contribution in [0.15, 0.2) is 18.2 Å². The van der Waals surface area contributed by atoms with Gasteiger partial charge >= 0.3 is 0 Å². The van der Waals surface area contributed by atoms with E-state index in [-0.39, 0.29) is 5.69 Å². The van der Waals surface area contributed by atoms with Gasteiger partial charge in [0.25, 0.3) is 5.69 Å². The third-order valence-corrected chi connectivity index (χ3v) is 2.81. The van der Waals surface area contributed by atoms with Crippen LogP contribution in [-0.4, -0.2) is 28.7 Å². The van der Waals surface area contributed by atoms with Gasteiger partial charge in [-0.1, -0.05) is 6.07 Å². The van der Waals surface area contributed by atoms with Crippen LogP contribution in [0.4, 0.5) is 11.4 Å². The molecule has 1 aromatic rings. The van der Waals surface area contributed by atoms with E-state index in [1.54, 1.807) is 19.1 Å². The van der Waals surface area contributed by atoms with E-state index >= 15 is 0 Å². The maximum Gasteiger partial charge on any atom is 0.271 e. The quantitative estimate of drug-likeness (QED) is 0.608. The summed E-state index contributed by atoms with van der Waals surface area (Å²) in [6.45, 7) is 4.71. The number of anilines is 1. The Kier molecular flexibility index (Phi) is 2.35. The number of nitrogens with zero attached hydrogens (tertiary/aromatic N) is 2. The lowest BCUT2D eigenvalue weighted by atomic mass is 9.95. The van der Waals surface area contributed by atoms with Gasteiger partial charge in [0.1, 0.15) is 0 Å². The number of aliphatic hydroxyl groups is 1. The summed E-state index contributed by atoms with van der Waals surface area (Å²) in [6, 6.07) is 4.79. The average molecular weight is 222 g/mol. The Morgan fingerprint density at radius 3 is 2.62 bits per heavy atom. The number of rotatable bonds is 2. The van der Waals surface area contributed by atoms with Crippen molar-refractivity contribution in [1.82, 2.24) is 0 Å². The van der Waals surface area contributed by atoms with Gasteiger partial charge in [0.05, 0.1) is 10.5 Å². The van der Waals surface area contributed by atoms with Crippen molar-refractivity contribution >= 4 is 11.4 Å². The molecule has 0 bridgehead atoms. The minimum atomic E-state index is -0.670. The molecule has 0 spiro atoms. The minimum absolute atomic E-state index is 0.0899. The normalized spacial score (nSPS) is 18.1. The van der Waals surface area contributed by atoms with E-state index in [0.29, 0.717) is 13.1 Å². The molecule has 1 fully saturated rings. The van der Waals surface area contributed by atoms with Gasteiger partial charge in [-0.25, -0.2) is 0 Å². The van der Waals surface area contributed by atoms with Crippen molar-refractivity contribution in [2.24, 2.45) is 0 Å². The maximum absolute atomic E-state index is 10.7. The van der Waals surface area contributed by atoms with E-state index in [4.69, 9.17) is 0 Å². The molecule has 0 aliphatic carbocycles. The fourth-order valence-electron chi connectivity index (χ4n) is 2.00. The highest BCUT2D eigenvalue weighted by Crippen LogP contribution is 2.32. The van der Waals surface area contributed by atoms with Crippen molar-refractivity contribution in [3.05, 3.63) is 33.9 Å². The molecule has 0 unspecified atom stereocenters.